The molecule has 1 aliphatic rings. The van der Waals surface area contributed by atoms with Crippen LogP contribution in [0.3, 0.4) is 0 Å². The molecule has 19 heavy (non-hydrogen) atoms. The molecule has 4 nitrogen and oxygen atoms in total. The van der Waals surface area contributed by atoms with Crippen molar-refractivity contribution in [3.05, 3.63) is 35.9 Å². The van der Waals surface area contributed by atoms with E-state index in [1.807, 2.05) is 24.5 Å². The largest absolute Gasteiger partial charge is 0.304 e. The lowest BCUT2D eigenvalue weighted by Crippen LogP contribution is -2.31. The zero-order chi connectivity index (χ0) is 13.2. The van der Waals surface area contributed by atoms with E-state index in [9.17, 15) is 4.79 Å². The molecule has 100 valence electrons. The van der Waals surface area contributed by atoms with Gasteiger partial charge in [0.2, 0.25) is 0 Å². The van der Waals surface area contributed by atoms with Crippen molar-refractivity contribution in [3.8, 4) is 0 Å². The van der Waals surface area contributed by atoms with Gasteiger partial charge in [-0.05, 0) is 38.1 Å². The van der Waals surface area contributed by atoms with Gasteiger partial charge in [-0.1, -0.05) is 6.92 Å². The van der Waals surface area contributed by atoms with E-state index < -0.39 is 0 Å². The van der Waals surface area contributed by atoms with Crippen molar-refractivity contribution in [2.75, 3.05) is 13.1 Å². The molecule has 2 aromatic rings. The Balaban J connectivity index is 1.87. The quantitative estimate of drug-likeness (QED) is 0.788. The molecule has 0 saturated carbocycles. The summed E-state index contributed by atoms with van der Waals surface area (Å²) in [4.78, 5) is 17.8. The van der Waals surface area contributed by atoms with Gasteiger partial charge in [-0.2, -0.15) is 0 Å². The predicted octanol–water partition coefficient (Wildman–Crippen LogP) is 2.17. The van der Waals surface area contributed by atoms with Crippen molar-refractivity contribution in [1.29, 1.82) is 0 Å². The first-order chi connectivity index (χ1) is 9.31. The number of likely N-dealkylation sites (N-methyl/N-ethyl adjacent to an activating group) is 1. The third kappa shape index (κ3) is 2.28. The number of aldehydes is 1. The summed E-state index contributed by atoms with van der Waals surface area (Å²) in [6.07, 6.45) is 8.22. The van der Waals surface area contributed by atoms with Crippen LogP contribution in [-0.2, 0) is 6.42 Å². The standard InChI is InChI=1S/C15H19N3O/c1-2-17-6-3-4-13(17)9-15-16-10-14-8-12(11-19)5-7-18(14)15/h5,7-8,10-11,13H,2-4,6,9H2,1H3. The Morgan fingerprint density at radius 1 is 1.53 bits per heavy atom. The van der Waals surface area contributed by atoms with Gasteiger partial charge in [0.1, 0.15) is 12.1 Å². The number of rotatable bonds is 4. The smallest absolute Gasteiger partial charge is 0.150 e. The summed E-state index contributed by atoms with van der Waals surface area (Å²) < 4.78 is 2.10. The van der Waals surface area contributed by atoms with Crippen LogP contribution >= 0.6 is 0 Å². The number of hydrogen-bond acceptors (Lipinski definition) is 3. The molecular formula is C15H19N3O. The summed E-state index contributed by atoms with van der Waals surface area (Å²) in [6.45, 7) is 4.54. The van der Waals surface area contributed by atoms with Crippen LogP contribution in [0.5, 0.6) is 0 Å². The van der Waals surface area contributed by atoms with Gasteiger partial charge < -0.3 is 9.30 Å². The molecule has 4 heteroatoms. The van der Waals surface area contributed by atoms with Crippen LogP contribution in [0.4, 0.5) is 0 Å². The summed E-state index contributed by atoms with van der Waals surface area (Å²) >= 11 is 0. The average Bonchev–Trinajstić information content (AvgIpc) is 3.05. The highest BCUT2D eigenvalue weighted by atomic mass is 16.1. The number of carbonyl (C=O) groups excluding carboxylic acids is 1. The Labute approximate surface area is 113 Å². The maximum Gasteiger partial charge on any atom is 0.150 e. The van der Waals surface area contributed by atoms with Crippen molar-refractivity contribution in [2.24, 2.45) is 0 Å². The Hall–Kier alpha value is -1.68. The van der Waals surface area contributed by atoms with E-state index in [0.29, 0.717) is 11.6 Å². The number of fused-ring (bicyclic) bond motifs is 1. The second-order valence-electron chi connectivity index (χ2n) is 5.18. The molecule has 0 radical (unpaired) electrons. The van der Waals surface area contributed by atoms with Gasteiger partial charge in [-0.25, -0.2) is 4.98 Å². The highest BCUT2D eigenvalue weighted by Crippen LogP contribution is 2.21. The van der Waals surface area contributed by atoms with E-state index in [-0.39, 0.29) is 0 Å². The van der Waals surface area contributed by atoms with Gasteiger partial charge in [-0.3, -0.25) is 4.79 Å². The monoisotopic (exact) mass is 257 g/mol. The lowest BCUT2D eigenvalue weighted by Gasteiger charge is -2.22. The summed E-state index contributed by atoms with van der Waals surface area (Å²) in [7, 11) is 0. The third-order valence-corrected chi connectivity index (χ3v) is 4.09. The minimum absolute atomic E-state index is 0.612. The molecule has 3 heterocycles. The molecule has 1 aliphatic heterocycles. The van der Waals surface area contributed by atoms with E-state index in [1.54, 1.807) is 0 Å². The first-order valence-corrected chi connectivity index (χ1v) is 6.97. The molecule has 1 atom stereocenters. The molecule has 0 N–H and O–H groups in total. The van der Waals surface area contributed by atoms with Crippen molar-refractivity contribution >= 4 is 11.8 Å². The first-order valence-electron chi connectivity index (χ1n) is 6.97. The molecule has 3 rings (SSSR count). The fourth-order valence-electron chi connectivity index (χ4n) is 3.05. The summed E-state index contributed by atoms with van der Waals surface area (Å²) in [6, 6.07) is 4.34. The molecule has 0 spiro atoms. The number of imidazole rings is 1. The molecule has 0 bridgehead atoms. The number of pyridine rings is 1. The minimum atomic E-state index is 0.612. The van der Waals surface area contributed by atoms with Crippen LogP contribution in [-0.4, -0.2) is 39.7 Å². The number of aromatic nitrogens is 2. The highest BCUT2D eigenvalue weighted by molar-refractivity contribution is 5.77. The Morgan fingerprint density at radius 3 is 3.21 bits per heavy atom. The van der Waals surface area contributed by atoms with Crippen LogP contribution in [0.25, 0.3) is 5.52 Å². The zero-order valence-electron chi connectivity index (χ0n) is 11.2. The van der Waals surface area contributed by atoms with Gasteiger partial charge in [0.25, 0.3) is 0 Å². The molecule has 1 unspecified atom stereocenters. The fourth-order valence-corrected chi connectivity index (χ4v) is 3.05. The van der Waals surface area contributed by atoms with E-state index in [0.717, 1.165) is 30.6 Å². The van der Waals surface area contributed by atoms with Gasteiger partial charge in [0.15, 0.2) is 0 Å². The van der Waals surface area contributed by atoms with E-state index in [1.165, 1.54) is 19.4 Å². The van der Waals surface area contributed by atoms with Crippen molar-refractivity contribution in [2.45, 2.75) is 32.2 Å². The normalized spacial score (nSPS) is 20.2. The molecule has 2 aromatic heterocycles. The molecule has 1 fully saturated rings. The molecule has 0 amide bonds. The van der Waals surface area contributed by atoms with Crippen molar-refractivity contribution in [3.63, 3.8) is 0 Å². The highest BCUT2D eigenvalue weighted by Gasteiger charge is 2.24. The van der Waals surface area contributed by atoms with Crippen LogP contribution in [0, 0.1) is 0 Å². The van der Waals surface area contributed by atoms with Gasteiger partial charge in [-0.15, -0.1) is 0 Å². The molecule has 0 aliphatic carbocycles. The first kappa shape index (κ1) is 12.4. The number of nitrogens with zero attached hydrogens (tertiary/aromatic N) is 3. The van der Waals surface area contributed by atoms with Crippen LogP contribution in [0.1, 0.15) is 35.9 Å². The predicted molar refractivity (Wildman–Crippen MR) is 74.6 cm³/mol. The van der Waals surface area contributed by atoms with E-state index in [4.69, 9.17) is 0 Å². The summed E-state index contributed by atoms with van der Waals surface area (Å²) in [5.74, 6) is 1.10. The zero-order valence-corrected chi connectivity index (χ0v) is 11.2. The van der Waals surface area contributed by atoms with Gasteiger partial charge in [0.05, 0.1) is 11.7 Å². The van der Waals surface area contributed by atoms with Crippen LogP contribution in [0.15, 0.2) is 24.5 Å². The third-order valence-electron chi connectivity index (χ3n) is 4.09. The van der Waals surface area contributed by atoms with E-state index >= 15 is 0 Å². The lowest BCUT2D eigenvalue weighted by atomic mass is 10.1. The number of likely N-dealkylation sites (tertiary alicyclic amines) is 1. The second kappa shape index (κ2) is 5.13. The van der Waals surface area contributed by atoms with Gasteiger partial charge >= 0.3 is 0 Å². The fraction of sp³-hybridized carbons (Fsp3) is 0.467. The maximum atomic E-state index is 10.8. The van der Waals surface area contributed by atoms with Crippen LogP contribution < -0.4 is 0 Å². The average molecular weight is 257 g/mol. The van der Waals surface area contributed by atoms with Crippen molar-refractivity contribution in [1.82, 2.24) is 14.3 Å². The van der Waals surface area contributed by atoms with Crippen LogP contribution in [0.2, 0.25) is 0 Å². The minimum Gasteiger partial charge on any atom is -0.304 e. The SMILES string of the molecule is CCN1CCCC1Cc1ncc2cc(C=O)ccn12. The maximum absolute atomic E-state index is 10.8. The summed E-state index contributed by atoms with van der Waals surface area (Å²) in [5.41, 5.74) is 1.70. The Bertz CT molecular complexity index is 590. The second-order valence-corrected chi connectivity index (χ2v) is 5.18. The summed E-state index contributed by atoms with van der Waals surface area (Å²) in [5, 5.41) is 0. The topological polar surface area (TPSA) is 37.6 Å². The molecule has 0 aromatic carbocycles. The lowest BCUT2D eigenvalue weighted by molar-refractivity contribution is 0.112. The van der Waals surface area contributed by atoms with E-state index in [2.05, 4.69) is 21.2 Å². The Morgan fingerprint density at radius 2 is 2.42 bits per heavy atom. The Kier molecular flexibility index (Phi) is 3.34. The molecule has 1 saturated heterocycles. The van der Waals surface area contributed by atoms with Crippen molar-refractivity contribution < 1.29 is 4.79 Å². The number of hydrogen-bond donors (Lipinski definition) is 0. The number of carbonyl (C=O) groups is 1. The van der Waals surface area contributed by atoms with Gasteiger partial charge in [0, 0.05) is 24.2 Å². The molecular weight excluding hydrogens is 238 g/mol.